The number of nitriles is 1. The number of anilines is 1. The summed E-state index contributed by atoms with van der Waals surface area (Å²) in [7, 11) is 0. The molecule has 7 heteroatoms. The van der Waals surface area contributed by atoms with Crippen LogP contribution in [0.15, 0.2) is 77.3 Å². The zero-order valence-corrected chi connectivity index (χ0v) is 16.9. The molecule has 2 heterocycles. The first-order valence-electron chi connectivity index (χ1n) is 9.83. The summed E-state index contributed by atoms with van der Waals surface area (Å²) in [6, 6.07) is 22.4. The third kappa shape index (κ3) is 4.49. The quantitative estimate of drug-likeness (QED) is 0.474. The first kappa shape index (κ1) is 20.0. The highest BCUT2D eigenvalue weighted by Gasteiger charge is 2.18. The van der Waals surface area contributed by atoms with Gasteiger partial charge in [0, 0.05) is 0 Å². The van der Waals surface area contributed by atoms with Gasteiger partial charge in [0.2, 0.25) is 0 Å². The fourth-order valence-electron chi connectivity index (χ4n) is 3.04. The highest BCUT2D eigenvalue weighted by molar-refractivity contribution is 6.02. The fraction of sp³-hybridized carbons (Fsp3) is 0.125. The minimum absolute atomic E-state index is 0.115. The predicted molar refractivity (Wildman–Crippen MR) is 115 cm³/mol. The maximum Gasteiger partial charge on any atom is 0.292 e. The number of carbonyl (C=O) groups is 1. The number of benzene rings is 2. The molecule has 7 nitrogen and oxygen atoms in total. The van der Waals surface area contributed by atoms with Crippen LogP contribution in [-0.2, 0) is 13.0 Å². The van der Waals surface area contributed by atoms with Gasteiger partial charge < -0.3 is 14.5 Å². The number of rotatable bonds is 7. The summed E-state index contributed by atoms with van der Waals surface area (Å²) < 4.78 is 12.9. The van der Waals surface area contributed by atoms with Gasteiger partial charge in [-0.1, -0.05) is 37.3 Å². The topological polar surface area (TPSA) is 93.1 Å². The zero-order valence-electron chi connectivity index (χ0n) is 16.9. The Morgan fingerprint density at radius 2 is 1.90 bits per heavy atom. The molecule has 1 amide bonds. The Morgan fingerprint density at radius 1 is 1.13 bits per heavy atom. The summed E-state index contributed by atoms with van der Waals surface area (Å²) in [6.45, 7) is 2.29. The molecule has 0 saturated carbocycles. The number of aryl methyl sites for hydroxylation is 1. The molecule has 31 heavy (non-hydrogen) atoms. The van der Waals surface area contributed by atoms with Crippen molar-refractivity contribution in [2.75, 3.05) is 5.32 Å². The number of hydrogen-bond donors (Lipinski definition) is 1. The Morgan fingerprint density at radius 3 is 2.61 bits per heavy atom. The van der Waals surface area contributed by atoms with Crippen molar-refractivity contribution in [1.82, 2.24) is 9.78 Å². The molecule has 2 aromatic heterocycles. The number of para-hydroxylation sites is 1. The van der Waals surface area contributed by atoms with Crippen LogP contribution in [0, 0.1) is 11.3 Å². The molecule has 0 saturated heterocycles. The Balaban J connectivity index is 1.46. The van der Waals surface area contributed by atoms with Crippen molar-refractivity contribution in [1.29, 1.82) is 5.26 Å². The lowest BCUT2D eigenvalue weighted by atomic mass is 10.2. The van der Waals surface area contributed by atoms with E-state index in [1.54, 1.807) is 12.1 Å². The second-order valence-corrected chi connectivity index (χ2v) is 6.77. The van der Waals surface area contributed by atoms with Gasteiger partial charge >= 0.3 is 0 Å². The summed E-state index contributed by atoms with van der Waals surface area (Å²) in [5.74, 6) is 1.16. The number of carbonyl (C=O) groups excluding carboxylic acids is 1. The van der Waals surface area contributed by atoms with E-state index in [1.165, 1.54) is 16.4 Å². The van der Waals surface area contributed by atoms with E-state index in [-0.39, 0.29) is 23.7 Å². The maximum atomic E-state index is 12.7. The highest BCUT2D eigenvalue weighted by Crippen LogP contribution is 2.21. The first-order chi connectivity index (χ1) is 15.2. The van der Waals surface area contributed by atoms with E-state index in [9.17, 15) is 10.1 Å². The average molecular weight is 412 g/mol. The third-order valence-corrected chi connectivity index (χ3v) is 4.72. The molecule has 154 valence electrons. The lowest BCUT2D eigenvalue weighted by Gasteiger charge is -2.08. The summed E-state index contributed by atoms with van der Waals surface area (Å²) >= 11 is 0. The van der Waals surface area contributed by atoms with E-state index in [4.69, 9.17) is 9.15 Å². The molecule has 0 fully saturated rings. The molecule has 2 aromatic carbocycles. The number of aromatic nitrogens is 2. The van der Waals surface area contributed by atoms with Crippen LogP contribution in [0.1, 0.15) is 34.4 Å². The number of ether oxygens (including phenoxy) is 1. The van der Waals surface area contributed by atoms with Crippen molar-refractivity contribution in [3.63, 3.8) is 0 Å². The van der Waals surface area contributed by atoms with Gasteiger partial charge in [0.1, 0.15) is 29.7 Å². The van der Waals surface area contributed by atoms with Crippen LogP contribution < -0.4 is 10.1 Å². The van der Waals surface area contributed by atoms with Gasteiger partial charge in [0.15, 0.2) is 11.6 Å². The second kappa shape index (κ2) is 9.01. The summed E-state index contributed by atoms with van der Waals surface area (Å²) in [5.41, 5.74) is 2.21. The predicted octanol–water partition coefficient (Wildman–Crippen LogP) is 4.73. The van der Waals surface area contributed by atoms with Gasteiger partial charge in [0.05, 0.1) is 11.9 Å². The monoisotopic (exact) mass is 412 g/mol. The van der Waals surface area contributed by atoms with Crippen LogP contribution in [0.3, 0.4) is 0 Å². The smallest absolute Gasteiger partial charge is 0.292 e. The molecule has 0 aliphatic rings. The van der Waals surface area contributed by atoms with Gasteiger partial charge in [0.25, 0.3) is 5.91 Å². The molecule has 0 bridgehead atoms. The van der Waals surface area contributed by atoms with Crippen molar-refractivity contribution in [3.8, 4) is 17.5 Å². The molecule has 1 N–H and O–H groups in total. The largest absolute Gasteiger partial charge is 0.486 e. The molecule has 0 unspecified atom stereocenters. The number of nitrogens with one attached hydrogen (secondary N) is 1. The molecule has 4 aromatic rings. The summed E-state index contributed by atoms with van der Waals surface area (Å²) in [6.07, 6.45) is 2.38. The van der Waals surface area contributed by atoms with Crippen LogP contribution in [0.5, 0.6) is 5.75 Å². The van der Waals surface area contributed by atoms with E-state index < -0.39 is 5.91 Å². The molecule has 0 aliphatic carbocycles. The minimum atomic E-state index is -0.479. The van der Waals surface area contributed by atoms with E-state index >= 15 is 0 Å². The average Bonchev–Trinajstić information content (AvgIpc) is 3.45. The Kier molecular flexibility index (Phi) is 5.81. The first-order valence-corrected chi connectivity index (χ1v) is 9.83. The van der Waals surface area contributed by atoms with Crippen molar-refractivity contribution < 1.29 is 13.9 Å². The molecular weight excluding hydrogens is 392 g/mol. The fourth-order valence-corrected chi connectivity index (χ4v) is 3.04. The molecular formula is C24H20N4O3. The lowest BCUT2D eigenvalue weighted by molar-refractivity contribution is 0.0992. The lowest BCUT2D eigenvalue weighted by Crippen LogP contribution is -2.15. The molecule has 0 spiro atoms. The Bertz CT molecular complexity index is 1220. The molecule has 4 rings (SSSR count). The third-order valence-electron chi connectivity index (χ3n) is 4.72. The van der Waals surface area contributed by atoms with Gasteiger partial charge in [-0.15, -0.1) is 0 Å². The van der Waals surface area contributed by atoms with Crippen molar-refractivity contribution >= 4 is 11.7 Å². The number of nitrogens with zero attached hydrogens (tertiary/aromatic N) is 3. The van der Waals surface area contributed by atoms with Crippen LogP contribution in [-0.4, -0.2) is 15.7 Å². The number of amides is 1. The maximum absolute atomic E-state index is 12.7. The number of furan rings is 1. The molecule has 0 radical (unpaired) electrons. The highest BCUT2D eigenvalue weighted by atomic mass is 16.5. The van der Waals surface area contributed by atoms with Gasteiger partial charge in [-0.3, -0.25) is 4.79 Å². The van der Waals surface area contributed by atoms with Crippen LogP contribution >= 0.6 is 0 Å². The van der Waals surface area contributed by atoms with Crippen molar-refractivity contribution in [2.24, 2.45) is 0 Å². The SMILES string of the molecule is CCc1ccc(OCc2ccc(C(=O)Nc3c(C#N)cnn3-c3ccccc3)o2)cc1. The van der Waals surface area contributed by atoms with Crippen LogP contribution in [0.4, 0.5) is 5.82 Å². The van der Waals surface area contributed by atoms with Gasteiger partial charge in [-0.05, 0) is 48.4 Å². The standard InChI is InChI=1S/C24H20N4O3/c1-2-17-8-10-20(11-9-17)30-16-21-12-13-22(31-21)24(29)27-23-18(14-25)15-26-28(23)19-6-4-3-5-7-19/h3-13,15H,2,16H2,1H3,(H,27,29). The number of hydrogen-bond acceptors (Lipinski definition) is 5. The summed E-state index contributed by atoms with van der Waals surface area (Å²) in [4.78, 5) is 12.7. The van der Waals surface area contributed by atoms with Crippen molar-refractivity contribution in [3.05, 3.63) is 95.6 Å². The molecule has 0 aliphatic heterocycles. The summed E-state index contributed by atoms with van der Waals surface area (Å²) in [5, 5.41) is 16.3. The van der Waals surface area contributed by atoms with Crippen LogP contribution in [0.2, 0.25) is 0 Å². The van der Waals surface area contributed by atoms with Gasteiger partial charge in [-0.25, -0.2) is 4.68 Å². The van der Waals surface area contributed by atoms with Gasteiger partial charge in [-0.2, -0.15) is 10.4 Å². The zero-order chi connectivity index (χ0) is 21.6. The minimum Gasteiger partial charge on any atom is -0.486 e. The van der Waals surface area contributed by atoms with E-state index in [0.29, 0.717) is 5.76 Å². The van der Waals surface area contributed by atoms with Crippen molar-refractivity contribution in [2.45, 2.75) is 20.0 Å². The van der Waals surface area contributed by atoms with Crippen LogP contribution in [0.25, 0.3) is 5.69 Å². The van der Waals surface area contributed by atoms with E-state index in [1.807, 2.05) is 60.7 Å². The van der Waals surface area contributed by atoms with E-state index in [2.05, 4.69) is 17.3 Å². The van der Waals surface area contributed by atoms with E-state index in [0.717, 1.165) is 17.9 Å². The Labute approximate surface area is 179 Å². The molecule has 0 atom stereocenters. The normalized spacial score (nSPS) is 10.5. The second-order valence-electron chi connectivity index (χ2n) is 6.77. The Hall–Kier alpha value is -4.31.